The van der Waals surface area contributed by atoms with Crippen LogP contribution in [0.3, 0.4) is 0 Å². The molecule has 1 aromatic heterocycles. The van der Waals surface area contributed by atoms with E-state index in [0.717, 1.165) is 46.6 Å². The van der Waals surface area contributed by atoms with E-state index in [1.165, 1.54) is 0 Å². The minimum absolute atomic E-state index is 0.386. The number of hydrogen-bond acceptors (Lipinski definition) is 5. The molecule has 0 radical (unpaired) electrons. The highest BCUT2D eigenvalue weighted by molar-refractivity contribution is 5.90. The number of nitrogens with two attached hydrogens (primary N) is 2. The van der Waals surface area contributed by atoms with Crippen molar-refractivity contribution in [3.05, 3.63) is 96.5 Å². The summed E-state index contributed by atoms with van der Waals surface area (Å²) in [7, 11) is 0. The summed E-state index contributed by atoms with van der Waals surface area (Å²) in [5, 5.41) is 0. The molecule has 5 nitrogen and oxygen atoms in total. The first-order valence-electron chi connectivity index (χ1n) is 11.6. The summed E-state index contributed by atoms with van der Waals surface area (Å²) in [6.07, 6.45) is 5.47. The second kappa shape index (κ2) is 12.0. The summed E-state index contributed by atoms with van der Waals surface area (Å²) in [4.78, 5) is 9.43. The number of anilines is 1. The maximum atomic E-state index is 6.21. The molecule has 0 bridgehead atoms. The second-order valence-electron chi connectivity index (χ2n) is 8.36. The lowest BCUT2D eigenvalue weighted by Gasteiger charge is -2.14. The quantitative estimate of drug-likeness (QED) is 0.163. The van der Waals surface area contributed by atoms with E-state index >= 15 is 0 Å². The van der Waals surface area contributed by atoms with E-state index in [1.807, 2.05) is 66.9 Å². The molecule has 0 fully saturated rings. The largest absolute Gasteiger partial charge is 0.457 e. The molecule has 3 rings (SSSR count). The van der Waals surface area contributed by atoms with Crippen molar-refractivity contribution in [1.29, 1.82) is 0 Å². The summed E-state index contributed by atoms with van der Waals surface area (Å²) in [6, 6.07) is 19.6. The SMILES string of the molecule is C=C(/C=C(\N=C(C)C(C)CC)c1ccccc1)Oc1cc(N)ccc1-c1ccc(CCN)nc1. The van der Waals surface area contributed by atoms with E-state index in [0.29, 0.717) is 29.7 Å². The Hall–Kier alpha value is -3.70. The average Bonchev–Trinajstić information content (AvgIpc) is 2.84. The Morgan fingerprint density at radius 1 is 1.15 bits per heavy atom. The Balaban J connectivity index is 1.94. The van der Waals surface area contributed by atoms with Gasteiger partial charge in [-0.3, -0.25) is 9.98 Å². The molecule has 1 atom stereocenters. The van der Waals surface area contributed by atoms with Gasteiger partial charge in [-0.25, -0.2) is 0 Å². The Kier molecular flexibility index (Phi) is 8.77. The van der Waals surface area contributed by atoms with E-state index in [4.69, 9.17) is 21.2 Å². The normalized spacial score (nSPS) is 12.9. The summed E-state index contributed by atoms with van der Waals surface area (Å²) in [5.41, 5.74) is 18.0. The van der Waals surface area contributed by atoms with Gasteiger partial charge in [0.2, 0.25) is 0 Å². The number of aromatic nitrogens is 1. The highest BCUT2D eigenvalue weighted by Crippen LogP contribution is 2.33. The molecule has 0 spiro atoms. The molecule has 1 heterocycles. The van der Waals surface area contributed by atoms with Crippen molar-refractivity contribution in [3.63, 3.8) is 0 Å². The number of nitrogen functional groups attached to an aromatic ring is 1. The fourth-order valence-corrected chi connectivity index (χ4v) is 3.45. The number of allylic oxidation sites excluding steroid dienone is 1. The molecule has 5 heteroatoms. The van der Waals surface area contributed by atoms with Crippen LogP contribution in [-0.4, -0.2) is 17.2 Å². The predicted molar refractivity (Wildman–Crippen MR) is 144 cm³/mol. The third-order valence-electron chi connectivity index (χ3n) is 5.77. The molecule has 0 aliphatic heterocycles. The van der Waals surface area contributed by atoms with Gasteiger partial charge in [-0.05, 0) is 44.0 Å². The number of pyridine rings is 1. The Morgan fingerprint density at radius 3 is 2.56 bits per heavy atom. The van der Waals surface area contributed by atoms with E-state index in [9.17, 15) is 0 Å². The zero-order chi connectivity index (χ0) is 24.5. The monoisotopic (exact) mass is 454 g/mol. The molecule has 0 saturated carbocycles. The van der Waals surface area contributed by atoms with E-state index in [-0.39, 0.29) is 0 Å². The number of benzene rings is 2. The van der Waals surface area contributed by atoms with E-state index in [1.54, 1.807) is 6.07 Å². The first-order valence-corrected chi connectivity index (χ1v) is 11.6. The van der Waals surface area contributed by atoms with Gasteiger partial charge in [-0.15, -0.1) is 0 Å². The van der Waals surface area contributed by atoms with Crippen molar-refractivity contribution < 1.29 is 4.74 Å². The van der Waals surface area contributed by atoms with Gasteiger partial charge in [0.1, 0.15) is 11.5 Å². The summed E-state index contributed by atoms with van der Waals surface area (Å²) < 4.78 is 6.21. The van der Waals surface area contributed by atoms with Gasteiger partial charge < -0.3 is 16.2 Å². The zero-order valence-electron chi connectivity index (χ0n) is 20.3. The van der Waals surface area contributed by atoms with Crippen molar-refractivity contribution in [1.82, 2.24) is 4.98 Å². The third-order valence-corrected chi connectivity index (χ3v) is 5.77. The number of rotatable bonds is 10. The highest BCUT2D eigenvalue weighted by Gasteiger charge is 2.11. The first-order chi connectivity index (χ1) is 16.4. The van der Waals surface area contributed by atoms with Gasteiger partial charge in [0.25, 0.3) is 0 Å². The van der Waals surface area contributed by atoms with Crippen LogP contribution in [-0.2, 0) is 6.42 Å². The van der Waals surface area contributed by atoms with E-state index < -0.39 is 0 Å². The number of nitrogens with zero attached hydrogens (tertiary/aromatic N) is 2. The van der Waals surface area contributed by atoms with Gasteiger partial charge >= 0.3 is 0 Å². The van der Waals surface area contributed by atoms with Gasteiger partial charge in [-0.1, -0.05) is 56.8 Å². The maximum absolute atomic E-state index is 6.21. The maximum Gasteiger partial charge on any atom is 0.137 e. The molecule has 34 heavy (non-hydrogen) atoms. The van der Waals surface area contributed by atoms with Crippen LogP contribution in [0.1, 0.15) is 38.4 Å². The lowest BCUT2D eigenvalue weighted by Crippen LogP contribution is -2.06. The van der Waals surface area contributed by atoms with Crippen LogP contribution < -0.4 is 16.2 Å². The predicted octanol–water partition coefficient (Wildman–Crippen LogP) is 6.27. The summed E-state index contributed by atoms with van der Waals surface area (Å²) in [5.74, 6) is 1.47. The van der Waals surface area contributed by atoms with Gasteiger partial charge in [0, 0.05) is 58.5 Å². The van der Waals surface area contributed by atoms with Gasteiger partial charge in [0.15, 0.2) is 0 Å². The number of ether oxygens (including phenoxy) is 1. The van der Waals surface area contributed by atoms with Crippen LogP contribution in [0.5, 0.6) is 5.75 Å². The Bertz CT molecular complexity index is 1160. The highest BCUT2D eigenvalue weighted by atomic mass is 16.5. The topological polar surface area (TPSA) is 86.5 Å². The number of aliphatic imine (C=N–C) groups is 1. The molecule has 4 N–H and O–H groups in total. The minimum atomic E-state index is 0.386. The molecule has 0 amide bonds. The summed E-state index contributed by atoms with van der Waals surface area (Å²) >= 11 is 0. The van der Waals surface area contributed by atoms with Crippen molar-refractivity contribution in [3.8, 4) is 16.9 Å². The average molecular weight is 455 g/mol. The number of hydrogen-bond donors (Lipinski definition) is 2. The molecule has 2 aromatic carbocycles. The molecule has 0 saturated heterocycles. The molecule has 0 aliphatic rings. The van der Waals surface area contributed by atoms with Crippen LogP contribution >= 0.6 is 0 Å². The molecule has 3 aromatic rings. The smallest absolute Gasteiger partial charge is 0.137 e. The van der Waals surface area contributed by atoms with Crippen LogP contribution in [0.2, 0.25) is 0 Å². The summed E-state index contributed by atoms with van der Waals surface area (Å²) in [6.45, 7) is 11.1. The molecular formula is C29H34N4O. The first kappa shape index (κ1) is 24.9. The fourth-order valence-electron chi connectivity index (χ4n) is 3.45. The van der Waals surface area contributed by atoms with Crippen molar-refractivity contribution in [2.45, 2.75) is 33.6 Å². The lowest BCUT2D eigenvalue weighted by atomic mass is 10.0. The molecular weight excluding hydrogens is 420 g/mol. The van der Waals surface area contributed by atoms with Crippen LogP contribution in [0.4, 0.5) is 5.69 Å². The van der Waals surface area contributed by atoms with Crippen molar-refractivity contribution in [2.75, 3.05) is 12.3 Å². The second-order valence-corrected chi connectivity index (χ2v) is 8.36. The van der Waals surface area contributed by atoms with Crippen molar-refractivity contribution in [2.24, 2.45) is 16.6 Å². The van der Waals surface area contributed by atoms with Crippen LogP contribution in [0.25, 0.3) is 16.8 Å². The van der Waals surface area contributed by atoms with Gasteiger partial charge in [-0.2, -0.15) is 0 Å². The molecule has 176 valence electrons. The molecule has 1 unspecified atom stereocenters. The van der Waals surface area contributed by atoms with Crippen molar-refractivity contribution >= 4 is 17.1 Å². The Morgan fingerprint density at radius 2 is 1.91 bits per heavy atom. The van der Waals surface area contributed by atoms with Gasteiger partial charge in [0.05, 0.1) is 5.70 Å². The van der Waals surface area contributed by atoms with Crippen LogP contribution in [0, 0.1) is 5.92 Å². The fraction of sp³-hybridized carbons (Fsp3) is 0.241. The molecule has 0 aliphatic carbocycles. The van der Waals surface area contributed by atoms with E-state index in [2.05, 4.69) is 32.3 Å². The standard InChI is InChI=1S/C29H34N4O/c1-5-20(2)22(4)33-28(23-9-7-6-8-10-23)17-21(3)34-29-18-25(31)12-14-27(29)24-11-13-26(15-16-30)32-19-24/h6-14,17-20H,3,5,15-16,30-31H2,1-2,4H3/b28-17-,33-22?. The lowest BCUT2D eigenvalue weighted by molar-refractivity contribution is 0.449. The Labute approximate surface area is 202 Å². The van der Waals surface area contributed by atoms with Crippen LogP contribution in [0.15, 0.2) is 90.3 Å². The zero-order valence-corrected chi connectivity index (χ0v) is 20.3. The minimum Gasteiger partial charge on any atom is -0.457 e. The third kappa shape index (κ3) is 6.65.